The Balaban J connectivity index is 1.94. The summed E-state index contributed by atoms with van der Waals surface area (Å²) in [5.41, 5.74) is 1.29. The summed E-state index contributed by atoms with van der Waals surface area (Å²) < 4.78 is 0. The molecule has 1 aromatic rings. The molecule has 2 rings (SSSR count). The van der Waals surface area contributed by atoms with Crippen molar-refractivity contribution in [3.63, 3.8) is 0 Å². The van der Waals surface area contributed by atoms with E-state index in [4.69, 9.17) is 5.26 Å². The van der Waals surface area contributed by atoms with Crippen LogP contribution >= 0.6 is 0 Å². The van der Waals surface area contributed by atoms with Crippen LogP contribution in [0.25, 0.3) is 0 Å². The van der Waals surface area contributed by atoms with Crippen LogP contribution in [0, 0.1) is 11.3 Å². The number of nitrogens with zero attached hydrogens (tertiary/aromatic N) is 2. The van der Waals surface area contributed by atoms with Gasteiger partial charge in [-0.05, 0) is 31.9 Å². The van der Waals surface area contributed by atoms with E-state index in [0.717, 1.165) is 25.1 Å². The third-order valence-corrected chi connectivity index (χ3v) is 3.13. The summed E-state index contributed by atoms with van der Waals surface area (Å²) in [5.74, 6) is 0.104. The molecule has 0 spiro atoms. The lowest BCUT2D eigenvalue weighted by atomic mass is 10.2. The third kappa shape index (κ3) is 2.80. The number of amides is 1. The van der Waals surface area contributed by atoms with Crippen molar-refractivity contribution >= 4 is 11.6 Å². The number of likely N-dealkylation sites (N-methyl/N-ethyl adjacent to an activating group) is 1. The number of carbonyl (C=O) groups is 1. The standard InChI is InChI=1S/C14H17N3O/c1-2-17(12-7-8-12)14(18)10-16-13-6-4-3-5-11(13)9-15/h3-6,12,16H,2,7-8,10H2,1H3. The number of nitriles is 1. The van der Waals surface area contributed by atoms with Gasteiger partial charge in [0.25, 0.3) is 0 Å². The molecule has 0 aliphatic heterocycles. The van der Waals surface area contributed by atoms with Gasteiger partial charge in [-0.25, -0.2) is 0 Å². The SMILES string of the molecule is CCN(C(=O)CNc1ccccc1C#N)C1CC1. The van der Waals surface area contributed by atoms with Gasteiger partial charge in [0.15, 0.2) is 0 Å². The predicted octanol–water partition coefficient (Wildman–Crippen LogP) is 1.98. The Morgan fingerprint density at radius 2 is 2.22 bits per heavy atom. The fraction of sp³-hybridized carbons (Fsp3) is 0.429. The van der Waals surface area contributed by atoms with Crippen molar-refractivity contribution in [2.24, 2.45) is 0 Å². The molecule has 18 heavy (non-hydrogen) atoms. The Bertz CT molecular complexity index is 474. The minimum atomic E-state index is 0.104. The summed E-state index contributed by atoms with van der Waals surface area (Å²) in [6.07, 6.45) is 2.24. The first kappa shape index (κ1) is 12.4. The first-order valence-corrected chi connectivity index (χ1v) is 6.28. The van der Waals surface area contributed by atoms with Crippen LogP contribution in [0.3, 0.4) is 0 Å². The maximum Gasteiger partial charge on any atom is 0.242 e. The molecule has 4 nitrogen and oxygen atoms in total. The molecule has 0 unspecified atom stereocenters. The van der Waals surface area contributed by atoms with Crippen molar-refractivity contribution in [3.05, 3.63) is 29.8 Å². The van der Waals surface area contributed by atoms with Gasteiger partial charge < -0.3 is 10.2 Å². The Hall–Kier alpha value is -2.02. The highest BCUT2D eigenvalue weighted by Gasteiger charge is 2.30. The quantitative estimate of drug-likeness (QED) is 0.860. The van der Waals surface area contributed by atoms with E-state index in [1.54, 1.807) is 6.07 Å². The summed E-state index contributed by atoms with van der Waals surface area (Å²) in [7, 11) is 0. The molecule has 1 aliphatic carbocycles. The molecule has 1 saturated carbocycles. The summed E-state index contributed by atoms with van der Waals surface area (Å²) in [6, 6.07) is 9.78. The number of nitrogens with one attached hydrogen (secondary N) is 1. The molecule has 0 radical (unpaired) electrons. The molecule has 1 aromatic carbocycles. The van der Waals surface area contributed by atoms with Crippen LogP contribution in [0.5, 0.6) is 0 Å². The van der Waals surface area contributed by atoms with Crippen molar-refractivity contribution in [1.82, 2.24) is 4.90 Å². The van der Waals surface area contributed by atoms with E-state index in [9.17, 15) is 4.79 Å². The van der Waals surface area contributed by atoms with Gasteiger partial charge in [-0.1, -0.05) is 12.1 Å². The molecule has 94 valence electrons. The first-order valence-electron chi connectivity index (χ1n) is 6.28. The van der Waals surface area contributed by atoms with E-state index in [1.165, 1.54) is 0 Å². The van der Waals surface area contributed by atoms with E-state index in [0.29, 0.717) is 11.6 Å². The molecule has 1 N–H and O–H groups in total. The maximum atomic E-state index is 12.0. The summed E-state index contributed by atoms with van der Waals surface area (Å²) in [5, 5.41) is 12.0. The van der Waals surface area contributed by atoms with E-state index in [-0.39, 0.29) is 12.5 Å². The number of carbonyl (C=O) groups excluding carboxylic acids is 1. The van der Waals surface area contributed by atoms with Gasteiger partial charge in [-0.3, -0.25) is 4.79 Å². The second kappa shape index (κ2) is 5.54. The number of anilines is 1. The maximum absolute atomic E-state index is 12.0. The largest absolute Gasteiger partial charge is 0.375 e. The van der Waals surface area contributed by atoms with Crippen LogP contribution in [-0.4, -0.2) is 29.9 Å². The fourth-order valence-corrected chi connectivity index (χ4v) is 2.03. The minimum absolute atomic E-state index is 0.104. The summed E-state index contributed by atoms with van der Waals surface area (Å²) >= 11 is 0. The average Bonchev–Trinajstić information content (AvgIpc) is 3.22. The zero-order valence-corrected chi connectivity index (χ0v) is 10.5. The van der Waals surface area contributed by atoms with E-state index < -0.39 is 0 Å². The van der Waals surface area contributed by atoms with Crippen LogP contribution in [0.4, 0.5) is 5.69 Å². The number of rotatable bonds is 5. The second-order valence-corrected chi connectivity index (χ2v) is 4.42. The molecule has 0 saturated heterocycles. The molecule has 0 atom stereocenters. The van der Waals surface area contributed by atoms with Crippen LogP contribution in [0.2, 0.25) is 0 Å². The summed E-state index contributed by atoms with van der Waals surface area (Å²) in [4.78, 5) is 13.9. The smallest absolute Gasteiger partial charge is 0.242 e. The van der Waals surface area contributed by atoms with Crippen LogP contribution in [0.15, 0.2) is 24.3 Å². The van der Waals surface area contributed by atoms with E-state index in [2.05, 4.69) is 11.4 Å². The normalized spacial score (nSPS) is 13.8. The van der Waals surface area contributed by atoms with Crippen molar-refractivity contribution < 1.29 is 4.79 Å². The number of hydrogen-bond donors (Lipinski definition) is 1. The number of benzene rings is 1. The Morgan fingerprint density at radius 1 is 1.50 bits per heavy atom. The van der Waals surface area contributed by atoms with Crippen LogP contribution in [0.1, 0.15) is 25.3 Å². The Labute approximate surface area is 107 Å². The highest BCUT2D eigenvalue weighted by Crippen LogP contribution is 2.26. The lowest BCUT2D eigenvalue weighted by molar-refractivity contribution is -0.129. The van der Waals surface area contributed by atoms with Crippen molar-refractivity contribution in [2.75, 3.05) is 18.4 Å². The van der Waals surface area contributed by atoms with E-state index >= 15 is 0 Å². The Morgan fingerprint density at radius 3 is 2.83 bits per heavy atom. The highest BCUT2D eigenvalue weighted by molar-refractivity contribution is 5.82. The van der Waals surface area contributed by atoms with Gasteiger partial charge in [0.05, 0.1) is 17.8 Å². The van der Waals surface area contributed by atoms with Gasteiger partial charge in [0.2, 0.25) is 5.91 Å². The second-order valence-electron chi connectivity index (χ2n) is 4.42. The van der Waals surface area contributed by atoms with E-state index in [1.807, 2.05) is 30.0 Å². The zero-order valence-electron chi connectivity index (χ0n) is 10.5. The third-order valence-electron chi connectivity index (χ3n) is 3.13. The summed E-state index contributed by atoms with van der Waals surface area (Å²) in [6.45, 7) is 3.01. The topological polar surface area (TPSA) is 56.1 Å². The van der Waals surface area contributed by atoms with Crippen LogP contribution < -0.4 is 5.32 Å². The molecule has 1 amide bonds. The molecule has 0 aromatic heterocycles. The van der Waals surface area contributed by atoms with Crippen molar-refractivity contribution in [2.45, 2.75) is 25.8 Å². The molecular formula is C14H17N3O. The molecule has 1 aliphatic rings. The van der Waals surface area contributed by atoms with Gasteiger partial charge in [-0.15, -0.1) is 0 Å². The highest BCUT2D eigenvalue weighted by atomic mass is 16.2. The van der Waals surface area contributed by atoms with Gasteiger partial charge in [0, 0.05) is 12.6 Å². The Kier molecular flexibility index (Phi) is 3.83. The van der Waals surface area contributed by atoms with Gasteiger partial charge in [0.1, 0.15) is 6.07 Å². The predicted molar refractivity (Wildman–Crippen MR) is 70.1 cm³/mol. The average molecular weight is 243 g/mol. The number of hydrogen-bond acceptors (Lipinski definition) is 3. The fourth-order valence-electron chi connectivity index (χ4n) is 2.03. The molecule has 0 heterocycles. The van der Waals surface area contributed by atoms with Gasteiger partial charge in [-0.2, -0.15) is 5.26 Å². The lowest BCUT2D eigenvalue weighted by Gasteiger charge is -2.20. The van der Waals surface area contributed by atoms with Crippen molar-refractivity contribution in [1.29, 1.82) is 5.26 Å². The van der Waals surface area contributed by atoms with Crippen molar-refractivity contribution in [3.8, 4) is 6.07 Å². The molecule has 0 bridgehead atoms. The minimum Gasteiger partial charge on any atom is -0.375 e. The zero-order chi connectivity index (χ0) is 13.0. The number of para-hydroxylation sites is 1. The molecule has 1 fully saturated rings. The van der Waals surface area contributed by atoms with Crippen LogP contribution in [-0.2, 0) is 4.79 Å². The lowest BCUT2D eigenvalue weighted by Crippen LogP contribution is -2.37. The molecule has 4 heteroatoms. The molecular weight excluding hydrogens is 226 g/mol. The monoisotopic (exact) mass is 243 g/mol. The van der Waals surface area contributed by atoms with Gasteiger partial charge >= 0.3 is 0 Å². The first-order chi connectivity index (χ1) is 8.76.